The van der Waals surface area contributed by atoms with E-state index in [2.05, 4.69) is 0 Å². The van der Waals surface area contributed by atoms with E-state index in [0.29, 0.717) is 11.5 Å². The summed E-state index contributed by atoms with van der Waals surface area (Å²) in [5.41, 5.74) is 0.168. The van der Waals surface area contributed by atoms with E-state index in [9.17, 15) is 18.0 Å². The van der Waals surface area contributed by atoms with Crippen LogP contribution in [0, 0.1) is 0 Å². The summed E-state index contributed by atoms with van der Waals surface area (Å²) in [5.74, 6) is -0.649. The van der Waals surface area contributed by atoms with Crippen LogP contribution in [0.5, 0.6) is 11.5 Å². The molecule has 1 aliphatic rings. The van der Waals surface area contributed by atoms with Crippen molar-refractivity contribution in [3.05, 3.63) is 23.8 Å². The van der Waals surface area contributed by atoms with Crippen LogP contribution in [0.15, 0.2) is 18.2 Å². The molecule has 5 nitrogen and oxygen atoms in total. The molecular weight excluding hydrogens is 267 g/mol. The molecule has 0 fully saturated rings. The van der Waals surface area contributed by atoms with Gasteiger partial charge in [-0.25, -0.2) is 0 Å². The summed E-state index contributed by atoms with van der Waals surface area (Å²) in [7, 11) is 0. The van der Waals surface area contributed by atoms with Gasteiger partial charge in [-0.15, -0.1) is 0 Å². The van der Waals surface area contributed by atoms with Gasteiger partial charge in [0.05, 0.1) is 6.54 Å². The van der Waals surface area contributed by atoms with Crippen molar-refractivity contribution in [3.63, 3.8) is 0 Å². The number of benzene rings is 1. The minimum absolute atomic E-state index is 0.00645. The van der Waals surface area contributed by atoms with Crippen LogP contribution in [-0.4, -0.2) is 30.6 Å². The minimum atomic E-state index is -4.48. The Morgan fingerprint density at radius 2 is 2.05 bits per heavy atom. The van der Waals surface area contributed by atoms with Crippen LogP contribution in [0.1, 0.15) is 11.6 Å². The lowest BCUT2D eigenvalue weighted by Crippen LogP contribution is -2.36. The minimum Gasteiger partial charge on any atom is -0.480 e. The van der Waals surface area contributed by atoms with Crippen LogP contribution in [-0.2, 0) is 4.79 Å². The first-order valence-electron chi connectivity index (χ1n) is 5.29. The van der Waals surface area contributed by atoms with Crippen molar-refractivity contribution in [2.45, 2.75) is 12.2 Å². The molecule has 2 N–H and O–H groups in total. The number of carboxylic acids is 1. The molecule has 0 radical (unpaired) electrons. The van der Waals surface area contributed by atoms with Gasteiger partial charge in [-0.1, -0.05) is 6.07 Å². The van der Waals surface area contributed by atoms with Crippen molar-refractivity contribution < 1.29 is 32.5 Å². The number of nitrogens with one attached hydrogen (secondary N) is 1. The lowest BCUT2D eigenvalue weighted by Gasteiger charge is -2.16. The van der Waals surface area contributed by atoms with Gasteiger partial charge < -0.3 is 14.6 Å². The van der Waals surface area contributed by atoms with Gasteiger partial charge in [0.1, 0.15) is 6.04 Å². The van der Waals surface area contributed by atoms with Gasteiger partial charge in [-0.3, -0.25) is 10.1 Å². The molecule has 1 unspecified atom stereocenters. The number of hydrogen-bond acceptors (Lipinski definition) is 4. The molecule has 1 atom stereocenters. The fraction of sp³-hybridized carbons (Fsp3) is 0.364. The predicted molar refractivity (Wildman–Crippen MR) is 57.0 cm³/mol. The van der Waals surface area contributed by atoms with Gasteiger partial charge in [-0.2, -0.15) is 13.2 Å². The Morgan fingerprint density at radius 1 is 1.37 bits per heavy atom. The van der Waals surface area contributed by atoms with Crippen molar-refractivity contribution in [2.75, 3.05) is 13.3 Å². The van der Waals surface area contributed by atoms with Crippen LogP contribution >= 0.6 is 0 Å². The highest BCUT2D eigenvalue weighted by molar-refractivity contribution is 5.76. The first kappa shape index (κ1) is 13.5. The van der Waals surface area contributed by atoms with E-state index in [1.165, 1.54) is 18.2 Å². The zero-order valence-corrected chi connectivity index (χ0v) is 9.53. The standard InChI is InChI=1S/C11H10F3NO4/c12-11(13,14)4-15-9(10(16)17)6-1-2-7-8(3-6)19-5-18-7/h1-3,9,15H,4-5H2,(H,16,17). The monoisotopic (exact) mass is 277 g/mol. The summed E-state index contributed by atoms with van der Waals surface area (Å²) in [6.45, 7) is -1.38. The number of carboxylic acid groups (broad SMARTS) is 1. The molecule has 0 bridgehead atoms. The molecule has 0 amide bonds. The summed E-state index contributed by atoms with van der Waals surface area (Å²) in [5, 5.41) is 10.9. The summed E-state index contributed by atoms with van der Waals surface area (Å²) in [4.78, 5) is 11.0. The molecule has 1 heterocycles. The average molecular weight is 277 g/mol. The van der Waals surface area contributed by atoms with Crippen molar-refractivity contribution in [2.24, 2.45) is 0 Å². The third kappa shape index (κ3) is 3.28. The van der Waals surface area contributed by atoms with Crippen LogP contribution in [0.25, 0.3) is 0 Å². The number of aliphatic carboxylic acids is 1. The van der Waals surface area contributed by atoms with E-state index in [1.54, 1.807) is 0 Å². The smallest absolute Gasteiger partial charge is 0.401 e. The molecule has 1 aromatic rings. The summed E-state index contributed by atoms with van der Waals surface area (Å²) >= 11 is 0. The third-order valence-corrected chi connectivity index (χ3v) is 2.48. The number of halogens is 3. The molecule has 8 heteroatoms. The topological polar surface area (TPSA) is 67.8 Å². The van der Waals surface area contributed by atoms with Crippen molar-refractivity contribution in [1.29, 1.82) is 0 Å². The Labute approximate surface area is 105 Å². The molecule has 19 heavy (non-hydrogen) atoms. The highest BCUT2D eigenvalue weighted by Gasteiger charge is 2.31. The Kier molecular flexibility index (Phi) is 3.52. The van der Waals surface area contributed by atoms with Crippen molar-refractivity contribution >= 4 is 5.97 Å². The number of ether oxygens (including phenoxy) is 2. The summed E-state index contributed by atoms with van der Waals surface area (Å²) < 4.78 is 46.4. The quantitative estimate of drug-likeness (QED) is 0.876. The van der Waals surface area contributed by atoms with E-state index in [1.807, 2.05) is 5.32 Å². The molecule has 0 saturated carbocycles. The zero-order valence-electron chi connectivity index (χ0n) is 9.53. The lowest BCUT2D eigenvalue weighted by atomic mass is 10.1. The van der Waals surface area contributed by atoms with Gasteiger partial charge in [-0.05, 0) is 17.7 Å². The maximum Gasteiger partial charge on any atom is 0.401 e. The van der Waals surface area contributed by atoms with Crippen LogP contribution in [0.3, 0.4) is 0 Å². The third-order valence-electron chi connectivity index (χ3n) is 2.48. The number of carbonyl (C=O) groups is 1. The summed E-state index contributed by atoms with van der Waals surface area (Å²) in [6.07, 6.45) is -4.48. The lowest BCUT2D eigenvalue weighted by molar-refractivity contribution is -0.143. The highest BCUT2D eigenvalue weighted by atomic mass is 19.4. The number of rotatable bonds is 4. The van der Waals surface area contributed by atoms with Gasteiger partial charge >= 0.3 is 12.1 Å². The van der Waals surface area contributed by atoms with Gasteiger partial charge in [0.25, 0.3) is 0 Å². The molecule has 0 spiro atoms. The molecule has 104 valence electrons. The van der Waals surface area contributed by atoms with E-state index in [0.717, 1.165) is 0 Å². The molecule has 2 rings (SSSR count). The van der Waals surface area contributed by atoms with Gasteiger partial charge in [0, 0.05) is 0 Å². The SMILES string of the molecule is O=C(O)C(NCC(F)(F)F)c1ccc2c(c1)OCO2. The average Bonchev–Trinajstić information content (AvgIpc) is 2.74. The number of hydrogen-bond donors (Lipinski definition) is 2. The molecule has 1 aliphatic heterocycles. The van der Waals surface area contributed by atoms with Crippen LogP contribution < -0.4 is 14.8 Å². The second kappa shape index (κ2) is 4.96. The second-order valence-electron chi connectivity index (χ2n) is 3.88. The second-order valence-corrected chi connectivity index (χ2v) is 3.88. The molecule has 0 saturated heterocycles. The number of alkyl halides is 3. The van der Waals surface area contributed by atoms with Crippen molar-refractivity contribution in [3.8, 4) is 11.5 Å². The molecule has 0 aromatic heterocycles. The van der Waals surface area contributed by atoms with Gasteiger partial charge in [0.15, 0.2) is 11.5 Å². The van der Waals surface area contributed by atoms with E-state index in [-0.39, 0.29) is 12.4 Å². The summed E-state index contributed by atoms with van der Waals surface area (Å²) in [6, 6.07) is 2.74. The van der Waals surface area contributed by atoms with E-state index < -0.39 is 24.7 Å². The Bertz CT molecular complexity index is 489. The fourth-order valence-electron chi connectivity index (χ4n) is 1.66. The van der Waals surface area contributed by atoms with E-state index in [4.69, 9.17) is 14.6 Å². The largest absolute Gasteiger partial charge is 0.480 e. The first-order valence-corrected chi connectivity index (χ1v) is 5.29. The normalized spacial score (nSPS) is 15.3. The maximum absolute atomic E-state index is 12.1. The van der Waals surface area contributed by atoms with Crippen LogP contribution in [0.4, 0.5) is 13.2 Å². The Hall–Kier alpha value is -1.96. The highest BCUT2D eigenvalue weighted by Crippen LogP contribution is 2.34. The predicted octanol–water partition coefficient (Wildman–Crippen LogP) is 1.69. The molecule has 1 aromatic carbocycles. The Morgan fingerprint density at radius 3 is 2.68 bits per heavy atom. The van der Waals surface area contributed by atoms with Gasteiger partial charge in [0.2, 0.25) is 6.79 Å². The maximum atomic E-state index is 12.1. The van der Waals surface area contributed by atoms with E-state index >= 15 is 0 Å². The zero-order chi connectivity index (χ0) is 14.0. The molecular formula is C11H10F3NO4. The number of fused-ring (bicyclic) bond motifs is 1. The molecule has 0 aliphatic carbocycles. The first-order chi connectivity index (χ1) is 8.87. The van der Waals surface area contributed by atoms with Crippen molar-refractivity contribution in [1.82, 2.24) is 5.32 Å². The fourth-order valence-corrected chi connectivity index (χ4v) is 1.66. The van der Waals surface area contributed by atoms with Crippen LogP contribution in [0.2, 0.25) is 0 Å². The Balaban J connectivity index is 2.17.